The van der Waals surface area contributed by atoms with E-state index in [2.05, 4.69) is 19.2 Å². The van der Waals surface area contributed by atoms with E-state index < -0.39 is 0 Å². The Morgan fingerprint density at radius 1 is 1.58 bits per heavy atom. The third kappa shape index (κ3) is 1.97. The molecule has 0 aromatic rings. The molecule has 1 heterocycles. The topological polar surface area (TPSA) is 38.3 Å². The Hall–Kier alpha value is -0.570. The molecule has 1 aliphatic rings. The van der Waals surface area contributed by atoms with Crippen LogP contribution in [0.15, 0.2) is 0 Å². The van der Waals surface area contributed by atoms with E-state index in [1.165, 1.54) is 0 Å². The molecule has 0 radical (unpaired) electrons. The van der Waals surface area contributed by atoms with Crippen LogP contribution in [0.3, 0.4) is 0 Å². The molecule has 0 bridgehead atoms. The number of rotatable bonds is 2. The van der Waals surface area contributed by atoms with Gasteiger partial charge in [0.1, 0.15) is 6.04 Å². The number of carbonyl (C=O) groups excluding carboxylic acids is 1. The standard InChI is InChI=1S/C9H17NO2/c1-4-12-9(11)8-5-6(2)7(3)10-8/h6-8,10H,4-5H2,1-3H3. The van der Waals surface area contributed by atoms with E-state index in [-0.39, 0.29) is 12.0 Å². The summed E-state index contributed by atoms with van der Waals surface area (Å²) in [6.07, 6.45) is 0.903. The highest BCUT2D eigenvalue weighted by Gasteiger charge is 2.32. The van der Waals surface area contributed by atoms with Crippen molar-refractivity contribution in [3.05, 3.63) is 0 Å². The van der Waals surface area contributed by atoms with Gasteiger partial charge in [-0.25, -0.2) is 0 Å². The van der Waals surface area contributed by atoms with Gasteiger partial charge in [0.05, 0.1) is 6.61 Å². The van der Waals surface area contributed by atoms with Gasteiger partial charge in [-0.2, -0.15) is 0 Å². The Morgan fingerprint density at radius 3 is 2.67 bits per heavy atom. The molecule has 70 valence electrons. The van der Waals surface area contributed by atoms with Crippen LogP contribution in [0.5, 0.6) is 0 Å². The second-order valence-electron chi connectivity index (χ2n) is 3.47. The molecule has 3 nitrogen and oxygen atoms in total. The van der Waals surface area contributed by atoms with E-state index in [9.17, 15) is 4.79 Å². The zero-order valence-corrected chi connectivity index (χ0v) is 7.96. The highest BCUT2D eigenvalue weighted by Crippen LogP contribution is 2.19. The highest BCUT2D eigenvalue weighted by atomic mass is 16.5. The molecule has 3 atom stereocenters. The fourth-order valence-electron chi connectivity index (χ4n) is 1.53. The minimum Gasteiger partial charge on any atom is -0.465 e. The second kappa shape index (κ2) is 3.90. The molecular weight excluding hydrogens is 154 g/mol. The van der Waals surface area contributed by atoms with Crippen LogP contribution in [0.2, 0.25) is 0 Å². The van der Waals surface area contributed by atoms with Crippen LogP contribution >= 0.6 is 0 Å². The summed E-state index contributed by atoms with van der Waals surface area (Å²) in [7, 11) is 0. The van der Waals surface area contributed by atoms with Crippen LogP contribution in [0.25, 0.3) is 0 Å². The number of nitrogens with one attached hydrogen (secondary N) is 1. The molecule has 1 saturated heterocycles. The molecule has 1 rings (SSSR count). The zero-order valence-electron chi connectivity index (χ0n) is 7.96. The molecule has 12 heavy (non-hydrogen) atoms. The van der Waals surface area contributed by atoms with Crippen molar-refractivity contribution in [2.24, 2.45) is 5.92 Å². The van der Waals surface area contributed by atoms with E-state index in [0.29, 0.717) is 18.6 Å². The van der Waals surface area contributed by atoms with E-state index in [1.54, 1.807) is 0 Å². The molecule has 3 unspecified atom stereocenters. The predicted octanol–water partition coefficient (Wildman–Crippen LogP) is 0.936. The summed E-state index contributed by atoms with van der Waals surface area (Å²) < 4.78 is 4.92. The summed E-state index contributed by atoms with van der Waals surface area (Å²) in [5.74, 6) is 0.466. The van der Waals surface area contributed by atoms with Crippen LogP contribution in [-0.2, 0) is 9.53 Å². The number of ether oxygens (including phenoxy) is 1. The SMILES string of the molecule is CCOC(=O)C1CC(C)C(C)N1. The van der Waals surface area contributed by atoms with Crippen LogP contribution in [0, 0.1) is 5.92 Å². The Bertz CT molecular complexity index is 160. The first kappa shape index (κ1) is 9.52. The van der Waals surface area contributed by atoms with Gasteiger partial charge >= 0.3 is 5.97 Å². The maximum absolute atomic E-state index is 11.3. The van der Waals surface area contributed by atoms with E-state index in [1.807, 2.05) is 6.92 Å². The molecule has 0 saturated carbocycles. The number of esters is 1. The van der Waals surface area contributed by atoms with Gasteiger partial charge in [-0.3, -0.25) is 4.79 Å². The lowest BCUT2D eigenvalue weighted by atomic mass is 10.0. The zero-order chi connectivity index (χ0) is 9.14. The largest absolute Gasteiger partial charge is 0.465 e. The highest BCUT2D eigenvalue weighted by molar-refractivity contribution is 5.76. The molecule has 0 aromatic heterocycles. The van der Waals surface area contributed by atoms with Crippen molar-refractivity contribution in [3.63, 3.8) is 0 Å². The van der Waals surface area contributed by atoms with Crippen molar-refractivity contribution in [2.75, 3.05) is 6.61 Å². The maximum Gasteiger partial charge on any atom is 0.323 e. The fourth-order valence-corrected chi connectivity index (χ4v) is 1.53. The van der Waals surface area contributed by atoms with Crippen molar-refractivity contribution in [3.8, 4) is 0 Å². The molecule has 3 heteroatoms. The molecule has 1 fully saturated rings. The minimum absolute atomic E-state index is 0.0741. The number of hydrogen-bond donors (Lipinski definition) is 1. The van der Waals surface area contributed by atoms with Crippen molar-refractivity contribution in [2.45, 2.75) is 39.3 Å². The van der Waals surface area contributed by atoms with Gasteiger partial charge in [-0.15, -0.1) is 0 Å². The Morgan fingerprint density at radius 2 is 2.25 bits per heavy atom. The Kier molecular flexibility index (Phi) is 3.09. The normalized spacial score (nSPS) is 35.1. The first-order valence-corrected chi connectivity index (χ1v) is 4.57. The van der Waals surface area contributed by atoms with Crippen molar-refractivity contribution in [1.82, 2.24) is 5.32 Å². The van der Waals surface area contributed by atoms with Crippen LogP contribution in [0.4, 0.5) is 0 Å². The van der Waals surface area contributed by atoms with Gasteiger partial charge in [0.15, 0.2) is 0 Å². The van der Waals surface area contributed by atoms with Crippen molar-refractivity contribution >= 4 is 5.97 Å². The fraction of sp³-hybridized carbons (Fsp3) is 0.889. The first-order chi connectivity index (χ1) is 5.65. The van der Waals surface area contributed by atoms with Gasteiger partial charge in [0, 0.05) is 6.04 Å². The minimum atomic E-state index is -0.103. The lowest BCUT2D eigenvalue weighted by molar-refractivity contribution is -0.145. The van der Waals surface area contributed by atoms with Crippen LogP contribution < -0.4 is 5.32 Å². The van der Waals surface area contributed by atoms with E-state index in [4.69, 9.17) is 4.74 Å². The van der Waals surface area contributed by atoms with Gasteiger partial charge in [0.2, 0.25) is 0 Å². The second-order valence-corrected chi connectivity index (χ2v) is 3.47. The van der Waals surface area contributed by atoms with E-state index >= 15 is 0 Å². The molecule has 0 aliphatic carbocycles. The van der Waals surface area contributed by atoms with Crippen LogP contribution in [0.1, 0.15) is 27.2 Å². The van der Waals surface area contributed by atoms with Gasteiger partial charge in [-0.1, -0.05) is 6.92 Å². The first-order valence-electron chi connectivity index (χ1n) is 4.57. The van der Waals surface area contributed by atoms with Gasteiger partial charge < -0.3 is 10.1 Å². The summed E-state index contributed by atoms with van der Waals surface area (Å²) in [5.41, 5.74) is 0. The molecule has 0 aromatic carbocycles. The molecule has 0 spiro atoms. The number of hydrogen-bond acceptors (Lipinski definition) is 3. The number of carbonyl (C=O) groups is 1. The predicted molar refractivity (Wildman–Crippen MR) is 46.8 cm³/mol. The van der Waals surface area contributed by atoms with Crippen LogP contribution in [-0.4, -0.2) is 24.7 Å². The summed E-state index contributed by atoms with van der Waals surface area (Å²) in [5, 5.41) is 3.21. The summed E-state index contributed by atoms with van der Waals surface area (Å²) in [4.78, 5) is 11.3. The maximum atomic E-state index is 11.3. The Labute approximate surface area is 73.5 Å². The van der Waals surface area contributed by atoms with Crippen molar-refractivity contribution < 1.29 is 9.53 Å². The average molecular weight is 171 g/mol. The van der Waals surface area contributed by atoms with Gasteiger partial charge in [-0.05, 0) is 26.2 Å². The van der Waals surface area contributed by atoms with Crippen molar-refractivity contribution in [1.29, 1.82) is 0 Å². The Balaban J connectivity index is 2.40. The third-order valence-electron chi connectivity index (χ3n) is 2.50. The quantitative estimate of drug-likeness (QED) is 0.628. The summed E-state index contributed by atoms with van der Waals surface area (Å²) in [6.45, 7) is 6.56. The lowest BCUT2D eigenvalue weighted by Crippen LogP contribution is -2.35. The lowest BCUT2D eigenvalue weighted by Gasteiger charge is -2.09. The molecule has 0 amide bonds. The van der Waals surface area contributed by atoms with E-state index in [0.717, 1.165) is 6.42 Å². The third-order valence-corrected chi connectivity index (χ3v) is 2.50. The molecular formula is C9H17NO2. The molecule has 1 aliphatic heterocycles. The average Bonchev–Trinajstić information content (AvgIpc) is 2.33. The summed E-state index contributed by atoms with van der Waals surface area (Å²) in [6, 6.07) is 0.356. The smallest absolute Gasteiger partial charge is 0.323 e. The molecule has 1 N–H and O–H groups in total. The monoisotopic (exact) mass is 171 g/mol. The summed E-state index contributed by atoms with van der Waals surface area (Å²) >= 11 is 0. The van der Waals surface area contributed by atoms with Gasteiger partial charge in [0.25, 0.3) is 0 Å².